The van der Waals surface area contributed by atoms with Crippen LogP contribution < -0.4 is 5.32 Å². The van der Waals surface area contributed by atoms with Crippen molar-refractivity contribution in [1.82, 2.24) is 10.2 Å². The maximum absolute atomic E-state index is 12.6. The molecule has 1 aromatic rings. The van der Waals surface area contributed by atoms with E-state index in [4.69, 9.17) is 4.74 Å². The van der Waals surface area contributed by atoms with Crippen molar-refractivity contribution in [1.29, 1.82) is 0 Å². The van der Waals surface area contributed by atoms with Gasteiger partial charge in [0.05, 0.1) is 12.0 Å². The summed E-state index contributed by atoms with van der Waals surface area (Å²) in [6.45, 7) is 1.98. The second-order valence-electron chi connectivity index (χ2n) is 5.80. The molecule has 2 aliphatic heterocycles. The minimum atomic E-state index is -0.613. The van der Waals surface area contributed by atoms with Crippen LogP contribution >= 0.6 is 0 Å². The van der Waals surface area contributed by atoms with E-state index >= 15 is 0 Å². The summed E-state index contributed by atoms with van der Waals surface area (Å²) in [5.41, 5.74) is 1.04. The number of rotatable bonds is 3. The number of nitrogens with one attached hydrogen (secondary N) is 1. The summed E-state index contributed by atoms with van der Waals surface area (Å²) in [5.74, 6) is -0.983. The van der Waals surface area contributed by atoms with Gasteiger partial charge in [-0.1, -0.05) is 30.3 Å². The summed E-state index contributed by atoms with van der Waals surface area (Å²) in [6, 6.07) is 9.08. The van der Waals surface area contributed by atoms with Gasteiger partial charge in [-0.05, 0) is 18.9 Å². The first-order valence-electron chi connectivity index (χ1n) is 7.39. The van der Waals surface area contributed by atoms with Crippen LogP contribution in [0.5, 0.6) is 0 Å². The van der Waals surface area contributed by atoms with Crippen molar-refractivity contribution in [3.05, 3.63) is 35.9 Å². The van der Waals surface area contributed by atoms with Gasteiger partial charge in [-0.3, -0.25) is 9.59 Å². The summed E-state index contributed by atoms with van der Waals surface area (Å²) < 4.78 is 5.05. The molecule has 2 heterocycles. The molecule has 0 unspecified atom stereocenters. The zero-order valence-electron chi connectivity index (χ0n) is 12.3. The fourth-order valence-electron chi connectivity index (χ4n) is 3.04. The Morgan fingerprint density at radius 3 is 2.68 bits per heavy atom. The summed E-state index contributed by atoms with van der Waals surface area (Å²) in [7, 11) is 0. The molecule has 0 bridgehead atoms. The van der Waals surface area contributed by atoms with E-state index in [1.54, 1.807) is 6.92 Å². The van der Waals surface area contributed by atoms with E-state index in [9.17, 15) is 14.4 Å². The lowest BCUT2D eigenvalue weighted by Crippen LogP contribution is -2.45. The van der Waals surface area contributed by atoms with Gasteiger partial charge in [-0.15, -0.1) is 0 Å². The van der Waals surface area contributed by atoms with E-state index < -0.39 is 12.0 Å². The van der Waals surface area contributed by atoms with Gasteiger partial charge < -0.3 is 10.1 Å². The highest BCUT2D eigenvalue weighted by Gasteiger charge is 2.45. The van der Waals surface area contributed by atoms with Gasteiger partial charge in [0.25, 0.3) is 0 Å². The van der Waals surface area contributed by atoms with Crippen molar-refractivity contribution in [3.63, 3.8) is 0 Å². The lowest BCUT2D eigenvalue weighted by atomic mass is 9.98. The Morgan fingerprint density at radius 1 is 1.32 bits per heavy atom. The lowest BCUT2D eigenvalue weighted by Gasteiger charge is -2.24. The van der Waals surface area contributed by atoms with E-state index in [0.29, 0.717) is 6.42 Å². The summed E-state index contributed by atoms with van der Waals surface area (Å²) in [5, 5.41) is 2.71. The predicted octanol–water partition coefficient (Wildman–Crippen LogP) is 1.10. The van der Waals surface area contributed by atoms with Crippen LogP contribution in [0, 0.1) is 5.92 Å². The maximum atomic E-state index is 12.6. The Morgan fingerprint density at radius 2 is 2.05 bits per heavy atom. The number of amides is 3. The molecule has 3 atom stereocenters. The Hall–Kier alpha value is -2.37. The number of ether oxygens (including phenoxy) is 1. The molecule has 2 saturated heterocycles. The van der Waals surface area contributed by atoms with Crippen LogP contribution in [-0.4, -0.2) is 41.5 Å². The first-order chi connectivity index (χ1) is 10.6. The lowest BCUT2D eigenvalue weighted by molar-refractivity contribution is -0.134. The largest absolute Gasteiger partial charge is 0.447 e. The molecule has 1 aromatic carbocycles. The molecule has 0 saturated carbocycles. The van der Waals surface area contributed by atoms with Gasteiger partial charge >= 0.3 is 6.09 Å². The number of benzene rings is 1. The third-order valence-electron chi connectivity index (χ3n) is 4.23. The second kappa shape index (κ2) is 5.79. The quantitative estimate of drug-likeness (QED) is 0.907. The topological polar surface area (TPSA) is 75.7 Å². The monoisotopic (exact) mass is 302 g/mol. The second-order valence-corrected chi connectivity index (χ2v) is 5.80. The number of carbonyl (C=O) groups excluding carboxylic acids is 3. The van der Waals surface area contributed by atoms with Crippen molar-refractivity contribution in [2.45, 2.75) is 31.8 Å². The maximum Gasteiger partial charge on any atom is 0.416 e. The third kappa shape index (κ3) is 2.68. The summed E-state index contributed by atoms with van der Waals surface area (Å²) in [6.07, 6.45) is 0.0697. The number of carbonyl (C=O) groups is 3. The molecule has 3 rings (SSSR count). The van der Waals surface area contributed by atoms with E-state index in [1.807, 2.05) is 30.3 Å². The van der Waals surface area contributed by atoms with Crippen molar-refractivity contribution in [3.8, 4) is 0 Å². The smallest absolute Gasteiger partial charge is 0.416 e. The fraction of sp³-hybridized carbons (Fsp3) is 0.438. The van der Waals surface area contributed by atoms with Gasteiger partial charge in [-0.2, -0.15) is 0 Å². The average Bonchev–Trinajstić information content (AvgIpc) is 3.02. The number of hydrogen-bond donors (Lipinski definition) is 1. The number of imide groups is 1. The average molecular weight is 302 g/mol. The van der Waals surface area contributed by atoms with Crippen LogP contribution in [0.2, 0.25) is 0 Å². The van der Waals surface area contributed by atoms with Gasteiger partial charge in [-0.25, -0.2) is 9.69 Å². The number of nitrogens with zero attached hydrogens (tertiary/aromatic N) is 1. The van der Waals surface area contributed by atoms with Crippen molar-refractivity contribution in [2.75, 3.05) is 6.61 Å². The Balaban J connectivity index is 1.76. The Labute approximate surface area is 128 Å². The molecule has 0 radical (unpaired) electrons. The molecule has 6 heteroatoms. The number of cyclic esters (lactones) is 1. The van der Waals surface area contributed by atoms with Gasteiger partial charge in [0.1, 0.15) is 6.61 Å². The normalized spacial score (nSPS) is 27.7. The van der Waals surface area contributed by atoms with E-state index in [2.05, 4.69) is 5.32 Å². The first-order valence-corrected chi connectivity index (χ1v) is 7.39. The van der Waals surface area contributed by atoms with Crippen LogP contribution in [-0.2, 0) is 20.7 Å². The molecule has 0 aromatic heterocycles. The highest BCUT2D eigenvalue weighted by atomic mass is 16.6. The standard InChI is InChI=1S/C16H18N2O4/c1-10-13(8-14(19)17-10)15(20)18-12(9-22-16(18)21)7-11-5-3-2-4-6-11/h2-6,10,12-13H,7-9H2,1H3,(H,17,19)/t10-,12-,13+/m1/s1. The Bertz CT molecular complexity index is 601. The SMILES string of the molecule is C[C@H]1NC(=O)C[C@@H]1C(=O)N1C(=O)OC[C@H]1Cc1ccccc1. The molecule has 2 fully saturated rings. The minimum absolute atomic E-state index is 0.127. The predicted molar refractivity (Wildman–Crippen MR) is 77.8 cm³/mol. The molecule has 22 heavy (non-hydrogen) atoms. The van der Waals surface area contributed by atoms with Crippen LogP contribution in [0.15, 0.2) is 30.3 Å². The van der Waals surface area contributed by atoms with Crippen molar-refractivity contribution in [2.24, 2.45) is 5.92 Å². The summed E-state index contributed by atoms with van der Waals surface area (Å²) in [4.78, 5) is 37.2. The van der Waals surface area contributed by atoms with Gasteiger partial charge in [0, 0.05) is 12.5 Å². The van der Waals surface area contributed by atoms with E-state index in [-0.39, 0.29) is 36.9 Å². The molecule has 3 amide bonds. The van der Waals surface area contributed by atoms with Crippen LogP contribution in [0.4, 0.5) is 4.79 Å². The zero-order chi connectivity index (χ0) is 15.7. The van der Waals surface area contributed by atoms with Gasteiger partial charge in [0.2, 0.25) is 11.8 Å². The van der Waals surface area contributed by atoms with Gasteiger partial charge in [0.15, 0.2) is 0 Å². The molecule has 0 aliphatic carbocycles. The highest BCUT2D eigenvalue weighted by molar-refractivity contribution is 5.98. The summed E-state index contributed by atoms with van der Waals surface area (Å²) >= 11 is 0. The van der Waals surface area contributed by atoms with Crippen LogP contribution in [0.1, 0.15) is 18.9 Å². The molecule has 116 valence electrons. The molecule has 2 aliphatic rings. The minimum Gasteiger partial charge on any atom is -0.447 e. The molecule has 0 spiro atoms. The van der Waals surface area contributed by atoms with Crippen LogP contribution in [0.25, 0.3) is 0 Å². The Kier molecular flexibility index (Phi) is 3.83. The van der Waals surface area contributed by atoms with Crippen molar-refractivity contribution >= 4 is 17.9 Å². The van der Waals surface area contributed by atoms with E-state index in [1.165, 1.54) is 4.90 Å². The van der Waals surface area contributed by atoms with Crippen LogP contribution in [0.3, 0.4) is 0 Å². The highest BCUT2D eigenvalue weighted by Crippen LogP contribution is 2.25. The fourth-order valence-corrected chi connectivity index (χ4v) is 3.04. The zero-order valence-corrected chi connectivity index (χ0v) is 12.3. The molecule has 1 N–H and O–H groups in total. The molecular weight excluding hydrogens is 284 g/mol. The molecule has 6 nitrogen and oxygen atoms in total. The number of hydrogen-bond acceptors (Lipinski definition) is 4. The first kappa shape index (κ1) is 14.6. The molecular formula is C16H18N2O4. The van der Waals surface area contributed by atoms with Crippen molar-refractivity contribution < 1.29 is 19.1 Å². The van der Waals surface area contributed by atoms with E-state index in [0.717, 1.165) is 5.56 Å². The third-order valence-corrected chi connectivity index (χ3v) is 4.23.